The van der Waals surface area contributed by atoms with E-state index in [0.29, 0.717) is 11.8 Å². The number of rotatable bonds is 2. The number of benzene rings is 1. The molecule has 3 heteroatoms. The maximum absolute atomic E-state index is 12.8. The predicted molar refractivity (Wildman–Crippen MR) is 88.0 cm³/mol. The van der Waals surface area contributed by atoms with Gasteiger partial charge in [-0.15, -0.1) is 0 Å². The Kier molecular flexibility index (Phi) is 3.36. The Morgan fingerprint density at radius 1 is 1.10 bits per heavy atom. The topological polar surface area (TPSA) is 29.1 Å². The number of carbonyl (C=O) groups is 1. The zero-order chi connectivity index (χ0) is 14.6. The second-order valence-corrected chi connectivity index (χ2v) is 8.26. The van der Waals surface area contributed by atoms with E-state index in [4.69, 9.17) is 0 Å². The molecule has 0 saturated heterocycles. The Morgan fingerprint density at radius 3 is 2.29 bits per heavy atom. The van der Waals surface area contributed by atoms with E-state index in [9.17, 15) is 4.79 Å². The molecule has 4 aliphatic carbocycles. The Morgan fingerprint density at radius 2 is 1.71 bits per heavy atom. The van der Waals surface area contributed by atoms with Crippen molar-refractivity contribution in [2.45, 2.75) is 39.0 Å². The van der Waals surface area contributed by atoms with Gasteiger partial charge < -0.3 is 5.32 Å². The van der Waals surface area contributed by atoms with Crippen molar-refractivity contribution in [3.05, 3.63) is 28.2 Å². The Labute approximate surface area is 134 Å². The van der Waals surface area contributed by atoms with Gasteiger partial charge in [-0.05, 0) is 80.4 Å². The van der Waals surface area contributed by atoms with Crippen LogP contribution >= 0.6 is 15.9 Å². The van der Waals surface area contributed by atoms with Crippen LogP contribution in [0.5, 0.6) is 0 Å². The summed E-state index contributed by atoms with van der Waals surface area (Å²) in [5.74, 6) is 3.66. The van der Waals surface area contributed by atoms with Crippen LogP contribution in [0.3, 0.4) is 0 Å². The summed E-state index contributed by atoms with van der Waals surface area (Å²) in [5.41, 5.74) is 2.12. The van der Waals surface area contributed by atoms with Crippen LogP contribution in [-0.4, -0.2) is 5.91 Å². The van der Waals surface area contributed by atoms with Crippen LogP contribution < -0.4 is 5.32 Å². The number of anilines is 1. The van der Waals surface area contributed by atoms with Gasteiger partial charge in [0.2, 0.25) is 5.91 Å². The number of carbonyl (C=O) groups excluding carboxylic acids is 1. The summed E-state index contributed by atoms with van der Waals surface area (Å²) in [4.78, 5) is 12.8. The van der Waals surface area contributed by atoms with Gasteiger partial charge in [0.15, 0.2) is 0 Å². The molecular formula is C18H22BrNO. The largest absolute Gasteiger partial charge is 0.326 e. The van der Waals surface area contributed by atoms with Crippen molar-refractivity contribution in [1.82, 2.24) is 0 Å². The first-order chi connectivity index (χ1) is 10.1. The summed E-state index contributed by atoms with van der Waals surface area (Å²) in [6.45, 7) is 2.06. The van der Waals surface area contributed by atoms with Gasteiger partial charge in [-0.2, -0.15) is 0 Å². The van der Waals surface area contributed by atoms with E-state index in [-0.39, 0.29) is 11.8 Å². The third-order valence-corrected chi connectivity index (χ3v) is 6.82. The first-order valence-electron chi connectivity index (χ1n) is 8.17. The molecule has 4 bridgehead atoms. The van der Waals surface area contributed by atoms with Crippen molar-refractivity contribution >= 4 is 27.5 Å². The minimum atomic E-state index is 0.262. The molecule has 4 saturated carbocycles. The number of hydrogen-bond donors (Lipinski definition) is 1. The molecule has 21 heavy (non-hydrogen) atoms. The van der Waals surface area contributed by atoms with Crippen LogP contribution in [0.25, 0.3) is 0 Å². The molecular weight excluding hydrogens is 326 g/mol. The molecule has 1 aromatic carbocycles. The van der Waals surface area contributed by atoms with Crippen molar-refractivity contribution in [3.8, 4) is 0 Å². The third kappa shape index (κ3) is 2.44. The lowest BCUT2D eigenvalue weighted by Gasteiger charge is -2.53. The molecule has 0 aromatic heterocycles. The van der Waals surface area contributed by atoms with E-state index in [1.165, 1.54) is 37.7 Å². The van der Waals surface area contributed by atoms with Crippen molar-refractivity contribution < 1.29 is 4.79 Å². The normalized spacial score (nSPS) is 36.8. The molecule has 4 fully saturated rings. The average molecular weight is 348 g/mol. The van der Waals surface area contributed by atoms with E-state index in [2.05, 4.69) is 34.2 Å². The molecule has 1 amide bonds. The molecule has 1 aromatic rings. The summed E-state index contributed by atoms with van der Waals surface area (Å²) < 4.78 is 1.06. The Hall–Kier alpha value is -0.830. The van der Waals surface area contributed by atoms with Gasteiger partial charge >= 0.3 is 0 Å². The minimum Gasteiger partial charge on any atom is -0.326 e. The highest BCUT2D eigenvalue weighted by molar-refractivity contribution is 9.10. The van der Waals surface area contributed by atoms with Crippen LogP contribution in [0.4, 0.5) is 5.69 Å². The molecule has 112 valence electrons. The second-order valence-electron chi connectivity index (χ2n) is 7.41. The van der Waals surface area contributed by atoms with E-state index in [1.54, 1.807) is 0 Å². The number of hydrogen-bond acceptors (Lipinski definition) is 1. The van der Waals surface area contributed by atoms with Gasteiger partial charge in [0, 0.05) is 16.1 Å². The summed E-state index contributed by atoms with van der Waals surface area (Å²) in [6.07, 6.45) is 6.61. The lowest BCUT2D eigenvalue weighted by atomic mass is 9.51. The first kappa shape index (κ1) is 13.8. The fourth-order valence-electron chi connectivity index (χ4n) is 5.25. The predicted octanol–water partition coefficient (Wildman–Crippen LogP) is 4.77. The van der Waals surface area contributed by atoms with Gasteiger partial charge in [0.25, 0.3) is 0 Å². The van der Waals surface area contributed by atoms with E-state index < -0.39 is 0 Å². The van der Waals surface area contributed by atoms with Gasteiger partial charge in [-0.1, -0.05) is 22.0 Å². The summed E-state index contributed by atoms with van der Waals surface area (Å²) in [7, 11) is 0. The fourth-order valence-corrected chi connectivity index (χ4v) is 5.63. The minimum absolute atomic E-state index is 0.262. The van der Waals surface area contributed by atoms with Gasteiger partial charge in [0.1, 0.15) is 0 Å². The van der Waals surface area contributed by atoms with Crippen molar-refractivity contribution in [2.24, 2.45) is 29.6 Å². The average Bonchev–Trinajstić information content (AvgIpc) is 2.41. The Bertz CT molecular complexity index is 555. The fraction of sp³-hybridized carbons (Fsp3) is 0.611. The highest BCUT2D eigenvalue weighted by atomic mass is 79.9. The van der Waals surface area contributed by atoms with Gasteiger partial charge in [-0.25, -0.2) is 0 Å². The molecule has 0 atom stereocenters. The number of aryl methyl sites for hydroxylation is 1. The quantitative estimate of drug-likeness (QED) is 0.820. The van der Waals surface area contributed by atoms with Crippen molar-refractivity contribution in [2.75, 3.05) is 5.32 Å². The summed E-state index contributed by atoms with van der Waals surface area (Å²) in [5, 5.41) is 3.17. The van der Waals surface area contributed by atoms with Crippen LogP contribution in [0, 0.1) is 36.5 Å². The highest BCUT2D eigenvalue weighted by Crippen LogP contribution is 2.56. The zero-order valence-corrected chi connectivity index (χ0v) is 14.0. The van der Waals surface area contributed by atoms with E-state index in [0.717, 1.165) is 22.0 Å². The maximum atomic E-state index is 12.8. The molecule has 5 rings (SSSR count). The number of amides is 1. The highest BCUT2D eigenvalue weighted by Gasteiger charge is 2.50. The maximum Gasteiger partial charge on any atom is 0.228 e. The third-order valence-electron chi connectivity index (χ3n) is 5.97. The molecule has 0 heterocycles. The zero-order valence-electron chi connectivity index (χ0n) is 12.4. The van der Waals surface area contributed by atoms with Crippen LogP contribution in [-0.2, 0) is 4.79 Å². The molecule has 0 unspecified atom stereocenters. The molecule has 4 aliphatic rings. The van der Waals surface area contributed by atoms with Crippen LogP contribution in [0.2, 0.25) is 0 Å². The van der Waals surface area contributed by atoms with Crippen molar-refractivity contribution in [3.63, 3.8) is 0 Å². The van der Waals surface area contributed by atoms with E-state index in [1.807, 2.05) is 12.1 Å². The number of nitrogens with one attached hydrogen (secondary N) is 1. The van der Waals surface area contributed by atoms with E-state index >= 15 is 0 Å². The molecule has 0 radical (unpaired) electrons. The lowest BCUT2D eigenvalue weighted by Crippen LogP contribution is -2.49. The number of halogens is 1. The van der Waals surface area contributed by atoms with Crippen LogP contribution in [0.15, 0.2) is 22.7 Å². The lowest BCUT2D eigenvalue weighted by molar-refractivity contribution is -0.132. The van der Waals surface area contributed by atoms with Crippen LogP contribution in [0.1, 0.15) is 37.7 Å². The smallest absolute Gasteiger partial charge is 0.228 e. The summed E-state index contributed by atoms with van der Waals surface area (Å²) >= 11 is 3.54. The summed E-state index contributed by atoms with van der Waals surface area (Å²) in [6, 6.07) is 6.08. The molecule has 2 nitrogen and oxygen atoms in total. The molecule has 0 spiro atoms. The van der Waals surface area contributed by atoms with Crippen molar-refractivity contribution in [1.29, 1.82) is 0 Å². The first-order valence-corrected chi connectivity index (χ1v) is 8.96. The monoisotopic (exact) mass is 347 g/mol. The second kappa shape index (κ2) is 5.12. The SMILES string of the molecule is Cc1ccc(NC(=O)C2C3CC4CC(C3)CC2C4)cc1Br. The molecule has 1 N–H and O–H groups in total. The van der Waals surface area contributed by atoms with Gasteiger partial charge in [-0.3, -0.25) is 4.79 Å². The van der Waals surface area contributed by atoms with Gasteiger partial charge in [0.05, 0.1) is 0 Å². The molecule has 0 aliphatic heterocycles. The Balaban J connectivity index is 1.51. The standard InChI is InChI=1S/C18H22BrNO/c1-10-2-3-15(9-16(10)19)20-18(21)17-13-5-11-4-12(7-13)8-14(17)6-11/h2-3,9,11-14,17H,4-8H2,1H3,(H,20,21).